The Balaban J connectivity index is 1.64. The molecule has 1 aliphatic heterocycles. The minimum Gasteiger partial charge on any atom is -0.356 e. The summed E-state index contributed by atoms with van der Waals surface area (Å²) in [5.74, 6) is 0.927. The summed E-state index contributed by atoms with van der Waals surface area (Å²) < 4.78 is 0. The van der Waals surface area contributed by atoms with Crippen molar-refractivity contribution in [2.24, 2.45) is 4.99 Å². The van der Waals surface area contributed by atoms with E-state index in [1.54, 1.807) is 0 Å². The molecule has 1 saturated heterocycles. The van der Waals surface area contributed by atoms with Gasteiger partial charge < -0.3 is 10.6 Å². The maximum atomic E-state index is 4.34. The van der Waals surface area contributed by atoms with Crippen LogP contribution in [0, 0.1) is 0 Å². The predicted molar refractivity (Wildman–Crippen MR) is 99.0 cm³/mol. The number of guanidine groups is 1. The van der Waals surface area contributed by atoms with Crippen LogP contribution in [0.3, 0.4) is 0 Å². The molecule has 0 saturated carbocycles. The SMILES string of the molecule is CCC(CNC(=NC)NCCCc1ccccc1)N1CCCC1. The molecule has 4 nitrogen and oxygen atoms in total. The molecule has 128 valence electrons. The van der Waals surface area contributed by atoms with Crippen LogP contribution in [0.1, 0.15) is 38.2 Å². The molecular weight excluding hydrogens is 284 g/mol. The van der Waals surface area contributed by atoms with E-state index in [-0.39, 0.29) is 0 Å². The Morgan fingerprint density at radius 1 is 1.17 bits per heavy atom. The van der Waals surface area contributed by atoms with Gasteiger partial charge >= 0.3 is 0 Å². The Labute approximate surface area is 141 Å². The second-order valence-corrected chi connectivity index (χ2v) is 6.27. The van der Waals surface area contributed by atoms with Crippen molar-refractivity contribution < 1.29 is 0 Å². The summed E-state index contributed by atoms with van der Waals surface area (Å²) in [6.07, 6.45) is 6.12. The maximum absolute atomic E-state index is 4.34. The third kappa shape index (κ3) is 6.22. The highest BCUT2D eigenvalue weighted by Crippen LogP contribution is 2.13. The Hall–Kier alpha value is -1.55. The molecule has 1 aliphatic rings. The third-order valence-electron chi connectivity index (χ3n) is 4.63. The summed E-state index contributed by atoms with van der Waals surface area (Å²) in [4.78, 5) is 6.95. The van der Waals surface area contributed by atoms with Crippen molar-refractivity contribution >= 4 is 5.96 Å². The lowest BCUT2D eigenvalue weighted by Crippen LogP contribution is -2.46. The second-order valence-electron chi connectivity index (χ2n) is 6.27. The highest BCUT2D eigenvalue weighted by Gasteiger charge is 2.20. The van der Waals surface area contributed by atoms with Crippen LogP contribution in [-0.2, 0) is 6.42 Å². The fourth-order valence-corrected chi connectivity index (χ4v) is 3.22. The molecule has 1 unspecified atom stereocenters. The van der Waals surface area contributed by atoms with Crippen molar-refractivity contribution in [3.63, 3.8) is 0 Å². The van der Waals surface area contributed by atoms with Crippen LogP contribution in [0.4, 0.5) is 0 Å². The average Bonchev–Trinajstić information content (AvgIpc) is 3.12. The molecule has 1 aromatic carbocycles. The van der Waals surface area contributed by atoms with Crippen LogP contribution in [0.5, 0.6) is 0 Å². The summed E-state index contributed by atoms with van der Waals surface area (Å²) in [6.45, 7) is 6.72. The van der Waals surface area contributed by atoms with Gasteiger partial charge in [-0.3, -0.25) is 9.89 Å². The Bertz CT molecular complexity index is 452. The van der Waals surface area contributed by atoms with E-state index in [1.165, 1.54) is 37.9 Å². The number of benzene rings is 1. The number of likely N-dealkylation sites (tertiary alicyclic amines) is 1. The number of hydrogen-bond acceptors (Lipinski definition) is 2. The fourth-order valence-electron chi connectivity index (χ4n) is 3.22. The van der Waals surface area contributed by atoms with E-state index in [0.717, 1.165) is 31.9 Å². The van der Waals surface area contributed by atoms with Gasteiger partial charge in [0.1, 0.15) is 0 Å². The van der Waals surface area contributed by atoms with Gasteiger partial charge in [0.05, 0.1) is 0 Å². The van der Waals surface area contributed by atoms with Gasteiger partial charge in [0.25, 0.3) is 0 Å². The molecule has 2 rings (SSSR count). The first kappa shape index (κ1) is 17.8. The monoisotopic (exact) mass is 316 g/mol. The molecule has 0 bridgehead atoms. The van der Waals surface area contributed by atoms with Crippen LogP contribution in [0.25, 0.3) is 0 Å². The van der Waals surface area contributed by atoms with Crippen LogP contribution in [-0.4, -0.2) is 50.1 Å². The quantitative estimate of drug-likeness (QED) is 0.440. The lowest BCUT2D eigenvalue weighted by Gasteiger charge is -2.27. The molecule has 4 heteroatoms. The summed E-state index contributed by atoms with van der Waals surface area (Å²) in [5.41, 5.74) is 1.40. The van der Waals surface area contributed by atoms with Crippen molar-refractivity contribution in [2.45, 2.75) is 45.1 Å². The van der Waals surface area contributed by atoms with E-state index < -0.39 is 0 Å². The third-order valence-corrected chi connectivity index (χ3v) is 4.63. The molecule has 0 aromatic heterocycles. The second kappa shape index (κ2) is 10.3. The van der Waals surface area contributed by atoms with Gasteiger partial charge in [-0.05, 0) is 50.8 Å². The first-order valence-corrected chi connectivity index (χ1v) is 9.06. The summed E-state index contributed by atoms with van der Waals surface area (Å²) in [5, 5.41) is 6.92. The molecule has 0 amide bonds. The molecule has 23 heavy (non-hydrogen) atoms. The fraction of sp³-hybridized carbons (Fsp3) is 0.632. The zero-order valence-corrected chi connectivity index (χ0v) is 14.7. The summed E-state index contributed by atoms with van der Waals surface area (Å²) in [6, 6.07) is 11.3. The summed E-state index contributed by atoms with van der Waals surface area (Å²) >= 11 is 0. The van der Waals surface area contributed by atoms with Crippen LogP contribution < -0.4 is 10.6 Å². The minimum absolute atomic E-state index is 0.625. The molecule has 1 aromatic rings. The Morgan fingerprint density at radius 3 is 2.57 bits per heavy atom. The number of aliphatic imine (C=N–C) groups is 1. The smallest absolute Gasteiger partial charge is 0.191 e. The number of rotatable bonds is 8. The molecule has 2 N–H and O–H groups in total. The molecule has 1 fully saturated rings. The first-order chi connectivity index (χ1) is 11.3. The van der Waals surface area contributed by atoms with Gasteiger partial charge in [-0.1, -0.05) is 37.3 Å². The Kier molecular flexibility index (Phi) is 7.95. The predicted octanol–water partition coefficient (Wildman–Crippen LogP) is 2.66. The van der Waals surface area contributed by atoms with Gasteiger partial charge in [-0.15, -0.1) is 0 Å². The van der Waals surface area contributed by atoms with Crippen LogP contribution in [0.15, 0.2) is 35.3 Å². The van der Waals surface area contributed by atoms with Gasteiger partial charge in [0.2, 0.25) is 0 Å². The largest absolute Gasteiger partial charge is 0.356 e. The van der Waals surface area contributed by atoms with Gasteiger partial charge in [0.15, 0.2) is 5.96 Å². The lowest BCUT2D eigenvalue weighted by molar-refractivity contribution is 0.236. The zero-order chi connectivity index (χ0) is 16.3. The topological polar surface area (TPSA) is 39.7 Å². The molecule has 0 aliphatic carbocycles. The van der Waals surface area contributed by atoms with E-state index in [1.807, 2.05) is 7.05 Å². The van der Waals surface area contributed by atoms with E-state index in [4.69, 9.17) is 0 Å². The summed E-state index contributed by atoms with van der Waals surface area (Å²) in [7, 11) is 1.85. The molecule has 0 radical (unpaired) electrons. The number of nitrogens with zero attached hydrogens (tertiary/aromatic N) is 2. The van der Waals surface area contributed by atoms with E-state index in [0.29, 0.717) is 6.04 Å². The zero-order valence-electron chi connectivity index (χ0n) is 14.7. The lowest BCUT2D eigenvalue weighted by atomic mass is 10.1. The highest BCUT2D eigenvalue weighted by atomic mass is 15.2. The van der Waals surface area contributed by atoms with Crippen molar-refractivity contribution in [1.29, 1.82) is 0 Å². The maximum Gasteiger partial charge on any atom is 0.191 e. The van der Waals surface area contributed by atoms with Crippen molar-refractivity contribution in [3.05, 3.63) is 35.9 Å². The minimum atomic E-state index is 0.625. The molecule has 0 spiro atoms. The first-order valence-electron chi connectivity index (χ1n) is 9.06. The number of nitrogens with one attached hydrogen (secondary N) is 2. The number of hydrogen-bond donors (Lipinski definition) is 2. The normalized spacial score (nSPS) is 17.2. The van der Waals surface area contributed by atoms with E-state index >= 15 is 0 Å². The molecule has 1 atom stereocenters. The highest BCUT2D eigenvalue weighted by molar-refractivity contribution is 5.79. The van der Waals surface area contributed by atoms with Gasteiger partial charge in [-0.25, -0.2) is 0 Å². The van der Waals surface area contributed by atoms with Gasteiger partial charge in [0, 0.05) is 26.2 Å². The molecular formula is C19H32N4. The average molecular weight is 316 g/mol. The van der Waals surface area contributed by atoms with E-state index in [9.17, 15) is 0 Å². The van der Waals surface area contributed by atoms with Crippen molar-refractivity contribution in [2.75, 3.05) is 33.2 Å². The van der Waals surface area contributed by atoms with Crippen LogP contribution in [0.2, 0.25) is 0 Å². The van der Waals surface area contributed by atoms with E-state index in [2.05, 4.69) is 57.8 Å². The Morgan fingerprint density at radius 2 is 1.91 bits per heavy atom. The van der Waals surface area contributed by atoms with Crippen molar-refractivity contribution in [3.8, 4) is 0 Å². The standard InChI is InChI=1S/C19H32N4/c1-3-18(23-14-7-8-15-23)16-22-19(20-2)21-13-9-12-17-10-5-4-6-11-17/h4-6,10-11,18H,3,7-9,12-16H2,1-2H3,(H2,20,21,22). The molecule has 1 heterocycles. The van der Waals surface area contributed by atoms with Crippen molar-refractivity contribution in [1.82, 2.24) is 15.5 Å². The van der Waals surface area contributed by atoms with Gasteiger partial charge in [-0.2, -0.15) is 0 Å². The number of aryl methyl sites for hydroxylation is 1. The van der Waals surface area contributed by atoms with Crippen LogP contribution >= 0.6 is 0 Å².